The van der Waals surface area contributed by atoms with Crippen LogP contribution in [0.15, 0.2) is 59.4 Å². The van der Waals surface area contributed by atoms with Crippen LogP contribution in [0.4, 0.5) is 0 Å². The lowest BCUT2D eigenvalue weighted by Crippen LogP contribution is -2.72. The molecule has 0 radical (unpaired) electrons. The van der Waals surface area contributed by atoms with Crippen molar-refractivity contribution in [3.63, 3.8) is 0 Å². The molecule has 14 nitrogen and oxygen atoms in total. The Labute approximate surface area is 282 Å². The number of quaternary nitrogens is 1. The smallest absolute Gasteiger partial charge is 0.504 e. The molecular formula is C34H40BN3O11. The molecule has 3 aliphatic carbocycles. The van der Waals surface area contributed by atoms with Gasteiger partial charge in [-0.1, -0.05) is 29.7 Å². The van der Waals surface area contributed by atoms with Crippen molar-refractivity contribution in [1.82, 2.24) is 10.2 Å². The number of fused-ring (bicyclic) bond motifs is 4. The summed E-state index contributed by atoms with van der Waals surface area (Å²) >= 11 is 0. The molecule has 49 heavy (non-hydrogen) atoms. The molecule has 1 saturated carbocycles. The van der Waals surface area contributed by atoms with Crippen LogP contribution in [0.5, 0.6) is 11.5 Å². The first-order valence-corrected chi connectivity index (χ1v) is 16.3. The van der Waals surface area contributed by atoms with E-state index >= 15 is 0 Å². The van der Waals surface area contributed by atoms with Gasteiger partial charge in [0.05, 0.1) is 50.6 Å². The SMILES string of the molecule is COc1ccc([B-]23OCC[N+]2(CNC(=O)C2=C(O)[C@@]4(O)C(=O)C5=C(O)c6c(O)cccc6[C@@](C)(O)[C@@H]5C[C@H]4[C@@H](N(C)C)C2=O)CCO3)cc1. The van der Waals surface area contributed by atoms with Crippen molar-refractivity contribution in [2.24, 2.45) is 11.8 Å². The molecule has 2 heterocycles. The summed E-state index contributed by atoms with van der Waals surface area (Å²) < 4.78 is 18.0. The van der Waals surface area contributed by atoms with Gasteiger partial charge < -0.3 is 49.3 Å². The van der Waals surface area contributed by atoms with Crippen molar-refractivity contribution in [2.75, 3.05) is 54.2 Å². The minimum atomic E-state index is -2.82. The number of carbonyl (C=O) groups excluding carboxylic acids is 3. The second-order valence-corrected chi connectivity index (χ2v) is 14.1. The largest absolute Gasteiger partial charge is 0.508 e. The molecule has 0 unspecified atom stereocenters. The fraction of sp³-hybridized carbons (Fsp3) is 0.441. The number of nitrogens with one attached hydrogen (secondary N) is 1. The summed E-state index contributed by atoms with van der Waals surface area (Å²) in [6, 6.07) is 10.3. The number of benzene rings is 2. The molecule has 5 aliphatic rings. The molecule has 2 aromatic rings. The number of aromatic hydroxyl groups is 1. The van der Waals surface area contributed by atoms with Gasteiger partial charge in [0.2, 0.25) is 5.78 Å². The van der Waals surface area contributed by atoms with E-state index in [-0.39, 0.29) is 28.6 Å². The van der Waals surface area contributed by atoms with Crippen LogP contribution in [-0.2, 0) is 29.3 Å². The average molecular weight is 678 g/mol. The number of methoxy groups -OCH3 is 1. The first-order valence-electron chi connectivity index (χ1n) is 16.3. The maximum absolute atomic E-state index is 14.4. The first-order chi connectivity index (χ1) is 23.2. The van der Waals surface area contributed by atoms with Gasteiger partial charge in [0.25, 0.3) is 5.91 Å². The monoisotopic (exact) mass is 677 g/mol. The van der Waals surface area contributed by atoms with Crippen LogP contribution in [-0.4, -0.2) is 125 Å². The molecule has 15 heteroatoms. The summed E-state index contributed by atoms with van der Waals surface area (Å²) in [6.07, 6.45) is -0.223. The first kappa shape index (κ1) is 33.3. The number of ketones is 2. The number of hydrogen-bond acceptors (Lipinski definition) is 12. The van der Waals surface area contributed by atoms with Crippen LogP contribution in [0.2, 0.25) is 0 Å². The molecule has 0 bridgehead atoms. The lowest BCUT2D eigenvalue weighted by molar-refractivity contribution is -0.822. The van der Waals surface area contributed by atoms with Gasteiger partial charge in [0, 0.05) is 17.4 Å². The predicted molar refractivity (Wildman–Crippen MR) is 174 cm³/mol. The van der Waals surface area contributed by atoms with E-state index in [0.717, 1.165) is 5.46 Å². The van der Waals surface area contributed by atoms with Gasteiger partial charge in [-0.3, -0.25) is 19.3 Å². The van der Waals surface area contributed by atoms with Crippen LogP contribution >= 0.6 is 0 Å². The number of aliphatic hydroxyl groups excluding tert-OH is 2. The molecule has 7 rings (SSSR count). The van der Waals surface area contributed by atoms with Gasteiger partial charge in [0.1, 0.15) is 35.3 Å². The van der Waals surface area contributed by atoms with E-state index < -0.39 is 81.7 Å². The van der Waals surface area contributed by atoms with Crippen molar-refractivity contribution in [2.45, 2.75) is 30.6 Å². The van der Waals surface area contributed by atoms with Crippen molar-refractivity contribution in [3.8, 4) is 11.5 Å². The van der Waals surface area contributed by atoms with Crippen LogP contribution in [0, 0.1) is 11.8 Å². The van der Waals surface area contributed by atoms with E-state index in [9.17, 15) is 39.9 Å². The van der Waals surface area contributed by atoms with E-state index in [4.69, 9.17) is 14.0 Å². The molecule has 2 saturated heterocycles. The Kier molecular flexibility index (Phi) is 7.56. The zero-order chi connectivity index (χ0) is 35.3. The quantitative estimate of drug-likeness (QED) is 0.177. The van der Waals surface area contributed by atoms with Gasteiger partial charge in [-0.15, -0.1) is 0 Å². The number of aliphatic hydroxyl groups is 4. The fourth-order valence-corrected chi connectivity index (χ4v) is 9.04. The highest BCUT2D eigenvalue weighted by Crippen LogP contribution is 2.57. The highest BCUT2D eigenvalue weighted by Gasteiger charge is 2.67. The minimum Gasteiger partial charge on any atom is -0.508 e. The lowest BCUT2D eigenvalue weighted by atomic mass is 9.54. The molecule has 6 N–H and O–H groups in total. The van der Waals surface area contributed by atoms with E-state index in [0.29, 0.717) is 32.1 Å². The van der Waals surface area contributed by atoms with Crippen molar-refractivity contribution in [3.05, 3.63) is 70.5 Å². The molecule has 1 amide bonds. The normalized spacial score (nSPS) is 35.2. The summed E-state index contributed by atoms with van der Waals surface area (Å²) in [6.45, 7) is 0.922. The number of phenolic OH excluding ortho intramolecular Hbond substituents is 1. The molecule has 5 atom stereocenters. The van der Waals surface area contributed by atoms with Crippen LogP contribution in [0.3, 0.4) is 0 Å². The number of nitrogens with zero attached hydrogens (tertiary/aromatic N) is 2. The highest BCUT2D eigenvalue weighted by molar-refractivity contribution is 6.75. The van der Waals surface area contributed by atoms with Crippen LogP contribution in [0.1, 0.15) is 24.5 Å². The summed E-state index contributed by atoms with van der Waals surface area (Å²) in [4.78, 5) is 44.0. The van der Waals surface area contributed by atoms with Crippen molar-refractivity contribution in [1.29, 1.82) is 0 Å². The number of amides is 1. The zero-order valence-electron chi connectivity index (χ0n) is 27.7. The number of hydrogen-bond donors (Lipinski definition) is 6. The molecule has 0 spiro atoms. The van der Waals surface area contributed by atoms with E-state index in [2.05, 4.69) is 5.32 Å². The Morgan fingerprint density at radius 1 is 1.06 bits per heavy atom. The van der Waals surface area contributed by atoms with Gasteiger partial charge in [-0.05, 0) is 51.2 Å². The van der Waals surface area contributed by atoms with E-state index in [1.54, 1.807) is 33.3 Å². The molecule has 2 aliphatic heterocycles. The molecule has 260 valence electrons. The Morgan fingerprint density at radius 3 is 2.33 bits per heavy atom. The van der Waals surface area contributed by atoms with Crippen LogP contribution in [0.25, 0.3) is 5.76 Å². The van der Waals surface area contributed by atoms with Gasteiger partial charge in [0.15, 0.2) is 11.4 Å². The van der Waals surface area contributed by atoms with E-state index in [1.807, 2.05) is 12.1 Å². The summed E-state index contributed by atoms with van der Waals surface area (Å²) in [5, 5.41) is 60.4. The van der Waals surface area contributed by atoms with Gasteiger partial charge in [-0.2, -0.15) is 0 Å². The second kappa shape index (κ2) is 11.1. The third kappa shape index (κ3) is 4.33. The number of phenols is 1. The standard InChI is InChI=1S/C34H40BN3O11/c1-33(45)20-6-5-7-23(39)24(20)28(40)25-21(33)16-22-27(37(2)3)29(41)26(31(43)34(22,46)30(25)42)32(44)36-17-38-12-14-48-35(38,49-15-13-38)18-8-10-19(47-4)11-9-18/h5-11,21-22,27,39-40,43,45-46H,12-17H2,1-4H3,(H,36,44)/t21-,22+,27-,33-,34+,35?,38?/m1/s1. The molecule has 0 aromatic heterocycles. The summed E-state index contributed by atoms with van der Waals surface area (Å²) in [5.74, 6) is -6.95. The number of carbonyl (C=O) groups is 3. The number of ether oxygens (including phenoxy) is 1. The Balaban J connectivity index is 1.27. The number of likely N-dealkylation sites (N-methyl/N-ethyl adjacent to an activating group) is 1. The fourth-order valence-electron chi connectivity index (χ4n) is 9.04. The molecule has 3 fully saturated rings. The Bertz CT molecular complexity index is 1830. The summed E-state index contributed by atoms with van der Waals surface area (Å²) in [7, 11) is 4.66. The summed E-state index contributed by atoms with van der Waals surface area (Å²) in [5.41, 5.74) is -5.08. The highest BCUT2D eigenvalue weighted by atomic mass is 16.6. The molecular weight excluding hydrogens is 637 g/mol. The third-order valence-corrected chi connectivity index (χ3v) is 11.6. The molecule has 2 aromatic carbocycles. The third-order valence-electron chi connectivity index (χ3n) is 11.6. The Hall–Kier alpha value is -4.25. The number of Topliss-reactive ketones (excluding diaryl/α,β-unsaturated/α-hetero) is 2. The predicted octanol–water partition coefficient (Wildman–Crippen LogP) is -0.0507. The maximum Gasteiger partial charge on any atom is 0.504 e. The zero-order valence-corrected chi connectivity index (χ0v) is 27.7. The lowest BCUT2D eigenvalue weighted by Gasteiger charge is -2.53. The average Bonchev–Trinajstić information content (AvgIpc) is 3.60. The topological polar surface area (TPSA) is 195 Å². The number of rotatable bonds is 6. The minimum absolute atomic E-state index is 0.0513. The van der Waals surface area contributed by atoms with Gasteiger partial charge >= 0.3 is 6.69 Å². The maximum atomic E-state index is 14.4. The Morgan fingerprint density at radius 2 is 1.71 bits per heavy atom. The van der Waals surface area contributed by atoms with Crippen molar-refractivity contribution < 1.29 is 58.4 Å². The second-order valence-electron chi connectivity index (χ2n) is 14.1. The van der Waals surface area contributed by atoms with Crippen molar-refractivity contribution >= 4 is 35.4 Å². The van der Waals surface area contributed by atoms with Gasteiger partial charge in [-0.25, -0.2) is 0 Å². The van der Waals surface area contributed by atoms with E-state index in [1.165, 1.54) is 30.0 Å². The van der Waals surface area contributed by atoms with Crippen LogP contribution < -0.4 is 15.5 Å².